The Morgan fingerprint density at radius 1 is 1.36 bits per heavy atom. The molecular formula is C12H17NO. The quantitative estimate of drug-likeness (QED) is 0.765. The third-order valence-corrected chi connectivity index (χ3v) is 2.89. The summed E-state index contributed by atoms with van der Waals surface area (Å²) in [6, 6.07) is 8.02. The topological polar surface area (TPSA) is 32.3 Å². The predicted octanol–water partition coefficient (Wildman–Crippen LogP) is 2.28. The zero-order chi connectivity index (χ0) is 9.97. The van der Waals surface area contributed by atoms with Crippen molar-refractivity contribution in [3.63, 3.8) is 0 Å². The second kappa shape index (κ2) is 4.01. The SMILES string of the molecule is CC(NCc1ccc(O)cc1)C1CC1. The van der Waals surface area contributed by atoms with Crippen molar-refractivity contribution in [1.82, 2.24) is 5.32 Å². The van der Waals surface area contributed by atoms with Gasteiger partial charge in [-0.1, -0.05) is 12.1 Å². The van der Waals surface area contributed by atoms with Crippen LogP contribution >= 0.6 is 0 Å². The average Bonchev–Trinajstić information content (AvgIpc) is 3.00. The molecule has 1 unspecified atom stereocenters. The van der Waals surface area contributed by atoms with E-state index >= 15 is 0 Å². The molecule has 1 aromatic carbocycles. The fourth-order valence-corrected chi connectivity index (χ4v) is 1.66. The van der Waals surface area contributed by atoms with Crippen LogP contribution in [0.1, 0.15) is 25.3 Å². The first-order chi connectivity index (χ1) is 6.75. The maximum absolute atomic E-state index is 9.11. The van der Waals surface area contributed by atoms with Gasteiger partial charge >= 0.3 is 0 Å². The molecule has 0 heterocycles. The van der Waals surface area contributed by atoms with Gasteiger partial charge in [0.1, 0.15) is 5.75 Å². The Morgan fingerprint density at radius 3 is 2.57 bits per heavy atom. The summed E-state index contributed by atoms with van der Waals surface area (Å²) in [6.07, 6.45) is 2.76. The molecule has 0 aromatic heterocycles. The van der Waals surface area contributed by atoms with Gasteiger partial charge in [-0.05, 0) is 43.4 Å². The predicted molar refractivity (Wildman–Crippen MR) is 57.1 cm³/mol. The molecule has 2 rings (SSSR count). The van der Waals surface area contributed by atoms with Crippen molar-refractivity contribution in [2.24, 2.45) is 5.92 Å². The van der Waals surface area contributed by atoms with Crippen molar-refractivity contribution in [2.45, 2.75) is 32.4 Å². The Balaban J connectivity index is 1.82. The van der Waals surface area contributed by atoms with Crippen LogP contribution in [0.4, 0.5) is 0 Å². The number of aromatic hydroxyl groups is 1. The van der Waals surface area contributed by atoms with E-state index in [4.69, 9.17) is 5.11 Å². The summed E-state index contributed by atoms with van der Waals surface area (Å²) in [5, 5.41) is 12.6. The molecule has 1 saturated carbocycles. The molecule has 0 aliphatic heterocycles. The Hall–Kier alpha value is -1.02. The number of hydrogen-bond acceptors (Lipinski definition) is 2. The molecule has 1 aliphatic carbocycles. The van der Waals surface area contributed by atoms with Gasteiger partial charge in [-0.3, -0.25) is 0 Å². The molecule has 0 spiro atoms. The van der Waals surface area contributed by atoms with Crippen molar-refractivity contribution in [3.05, 3.63) is 29.8 Å². The third-order valence-electron chi connectivity index (χ3n) is 2.89. The molecule has 2 heteroatoms. The Morgan fingerprint density at radius 2 is 2.00 bits per heavy atom. The lowest BCUT2D eigenvalue weighted by Gasteiger charge is -2.12. The summed E-state index contributed by atoms with van der Waals surface area (Å²) in [4.78, 5) is 0. The van der Waals surface area contributed by atoms with Gasteiger partial charge in [0.05, 0.1) is 0 Å². The number of hydrogen-bond donors (Lipinski definition) is 2. The van der Waals surface area contributed by atoms with Crippen LogP contribution < -0.4 is 5.32 Å². The van der Waals surface area contributed by atoms with Crippen molar-refractivity contribution < 1.29 is 5.11 Å². The number of benzene rings is 1. The van der Waals surface area contributed by atoms with Crippen LogP contribution in [0.2, 0.25) is 0 Å². The highest BCUT2D eigenvalue weighted by molar-refractivity contribution is 5.25. The van der Waals surface area contributed by atoms with E-state index in [9.17, 15) is 0 Å². The smallest absolute Gasteiger partial charge is 0.115 e. The Kier molecular flexibility index (Phi) is 2.73. The molecule has 2 nitrogen and oxygen atoms in total. The van der Waals surface area contributed by atoms with E-state index in [-0.39, 0.29) is 0 Å². The number of nitrogens with one attached hydrogen (secondary N) is 1. The molecule has 0 radical (unpaired) electrons. The van der Waals surface area contributed by atoms with Gasteiger partial charge in [-0.15, -0.1) is 0 Å². The summed E-state index contributed by atoms with van der Waals surface area (Å²) in [6.45, 7) is 3.15. The minimum absolute atomic E-state index is 0.337. The largest absolute Gasteiger partial charge is 0.508 e. The standard InChI is InChI=1S/C12H17NO/c1-9(11-4-5-11)13-8-10-2-6-12(14)7-3-10/h2-3,6-7,9,11,13-14H,4-5,8H2,1H3. The van der Waals surface area contributed by atoms with Gasteiger partial charge in [-0.25, -0.2) is 0 Å². The summed E-state index contributed by atoms with van der Waals surface area (Å²) in [5.41, 5.74) is 1.23. The van der Waals surface area contributed by atoms with Crippen molar-refractivity contribution in [3.8, 4) is 5.75 Å². The molecule has 1 aromatic rings. The van der Waals surface area contributed by atoms with E-state index in [2.05, 4.69) is 12.2 Å². The van der Waals surface area contributed by atoms with E-state index in [0.717, 1.165) is 12.5 Å². The van der Waals surface area contributed by atoms with E-state index in [1.54, 1.807) is 12.1 Å². The van der Waals surface area contributed by atoms with E-state index < -0.39 is 0 Å². The van der Waals surface area contributed by atoms with E-state index in [1.807, 2.05) is 12.1 Å². The Bertz CT molecular complexity index is 290. The van der Waals surface area contributed by atoms with Gasteiger partial charge in [0.25, 0.3) is 0 Å². The van der Waals surface area contributed by atoms with Gasteiger partial charge in [0.2, 0.25) is 0 Å². The van der Waals surface area contributed by atoms with Crippen LogP contribution in [0, 0.1) is 5.92 Å². The Labute approximate surface area is 85.0 Å². The summed E-state index contributed by atoms with van der Waals surface area (Å²) in [7, 11) is 0. The maximum Gasteiger partial charge on any atom is 0.115 e. The zero-order valence-electron chi connectivity index (χ0n) is 8.53. The lowest BCUT2D eigenvalue weighted by molar-refractivity contribution is 0.473. The van der Waals surface area contributed by atoms with Crippen LogP contribution in [0.25, 0.3) is 0 Å². The number of phenols is 1. The van der Waals surface area contributed by atoms with Gasteiger partial charge in [0, 0.05) is 12.6 Å². The van der Waals surface area contributed by atoms with Crippen LogP contribution in [0.3, 0.4) is 0 Å². The fourth-order valence-electron chi connectivity index (χ4n) is 1.66. The highest BCUT2D eigenvalue weighted by Crippen LogP contribution is 2.32. The fraction of sp³-hybridized carbons (Fsp3) is 0.500. The second-order valence-electron chi connectivity index (χ2n) is 4.17. The first-order valence-corrected chi connectivity index (χ1v) is 5.27. The molecule has 0 saturated heterocycles. The van der Waals surface area contributed by atoms with Crippen molar-refractivity contribution in [2.75, 3.05) is 0 Å². The van der Waals surface area contributed by atoms with Gasteiger partial charge in [-0.2, -0.15) is 0 Å². The summed E-state index contributed by atoms with van der Waals surface area (Å²) < 4.78 is 0. The second-order valence-corrected chi connectivity index (χ2v) is 4.17. The minimum atomic E-state index is 0.337. The van der Waals surface area contributed by atoms with Crippen LogP contribution in [-0.4, -0.2) is 11.1 Å². The normalized spacial score (nSPS) is 18.1. The highest BCUT2D eigenvalue weighted by Gasteiger charge is 2.27. The number of phenolic OH excluding ortho intramolecular Hbond substituents is 1. The first-order valence-electron chi connectivity index (χ1n) is 5.27. The molecule has 1 aliphatic rings. The first kappa shape index (κ1) is 9.53. The average molecular weight is 191 g/mol. The summed E-state index contributed by atoms with van der Waals surface area (Å²) >= 11 is 0. The van der Waals surface area contributed by atoms with Crippen LogP contribution in [-0.2, 0) is 6.54 Å². The van der Waals surface area contributed by atoms with E-state index in [1.165, 1.54) is 18.4 Å². The van der Waals surface area contributed by atoms with Gasteiger partial charge < -0.3 is 10.4 Å². The molecule has 0 bridgehead atoms. The molecule has 14 heavy (non-hydrogen) atoms. The lowest BCUT2D eigenvalue weighted by Crippen LogP contribution is -2.27. The highest BCUT2D eigenvalue weighted by atomic mass is 16.3. The summed E-state index contributed by atoms with van der Waals surface area (Å²) in [5.74, 6) is 1.23. The monoisotopic (exact) mass is 191 g/mol. The molecule has 1 atom stereocenters. The van der Waals surface area contributed by atoms with Gasteiger partial charge in [0.15, 0.2) is 0 Å². The molecule has 0 amide bonds. The third kappa shape index (κ3) is 2.48. The van der Waals surface area contributed by atoms with Crippen LogP contribution in [0.5, 0.6) is 5.75 Å². The molecule has 2 N–H and O–H groups in total. The zero-order valence-corrected chi connectivity index (χ0v) is 8.53. The number of rotatable bonds is 4. The van der Waals surface area contributed by atoms with Crippen molar-refractivity contribution in [1.29, 1.82) is 0 Å². The van der Waals surface area contributed by atoms with Crippen LogP contribution in [0.15, 0.2) is 24.3 Å². The van der Waals surface area contributed by atoms with E-state index in [0.29, 0.717) is 11.8 Å². The lowest BCUT2D eigenvalue weighted by atomic mass is 10.2. The van der Waals surface area contributed by atoms with Crippen molar-refractivity contribution >= 4 is 0 Å². The maximum atomic E-state index is 9.11. The molecular weight excluding hydrogens is 174 g/mol. The molecule has 76 valence electrons. The minimum Gasteiger partial charge on any atom is -0.508 e. The molecule has 1 fully saturated rings.